The van der Waals surface area contributed by atoms with Gasteiger partial charge in [0, 0.05) is 30.1 Å². The van der Waals surface area contributed by atoms with E-state index in [1.807, 2.05) is 13.8 Å². The number of hydrogen-bond donors (Lipinski definition) is 0. The van der Waals surface area contributed by atoms with Gasteiger partial charge in [0.25, 0.3) is 0 Å². The molecule has 0 amide bonds. The molecule has 0 N–H and O–H groups in total. The van der Waals surface area contributed by atoms with Crippen molar-refractivity contribution in [2.45, 2.75) is 45.9 Å². The van der Waals surface area contributed by atoms with Crippen LogP contribution in [0.15, 0.2) is 0 Å². The first-order valence-corrected chi connectivity index (χ1v) is 6.10. The van der Waals surface area contributed by atoms with Crippen molar-refractivity contribution in [2.75, 3.05) is 18.8 Å². The SMILES string of the molecule is CC.CC1CN(C(C)C)CCS1. The largest absolute Gasteiger partial charge is 0.299 e. The average Bonchev–Trinajstić information content (AvgIpc) is 2.08. The number of nitrogens with zero attached hydrogens (tertiary/aromatic N) is 1. The van der Waals surface area contributed by atoms with Crippen molar-refractivity contribution in [3.63, 3.8) is 0 Å². The van der Waals surface area contributed by atoms with Crippen LogP contribution in [-0.4, -0.2) is 35.0 Å². The molecule has 1 rings (SSSR count). The normalized spacial score (nSPS) is 25.0. The van der Waals surface area contributed by atoms with Crippen molar-refractivity contribution >= 4 is 11.8 Å². The molecule has 1 fully saturated rings. The summed E-state index contributed by atoms with van der Waals surface area (Å²) in [6.45, 7) is 13.4. The molecule has 1 unspecified atom stereocenters. The van der Waals surface area contributed by atoms with Gasteiger partial charge in [-0.2, -0.15) is 11.8 Å². The van der Waals surface area contributed by atoms with E-state index in [0.29, 0.717) is 0 Å². The monoisotopic (exact) mass is 189 g/mol. The van der Waals surface area contributed by atoms with E-state index in [9.17, 15) is 0 Å². The molecular weight excluding hydrogens is 166 g/mol. The smallest absolute Gasteiger partial charge is 0.0147 e. The van der Waals surface area contributed by atoms with E-state index in [0.717, 1.165) is 11.3 Å². The Labute approximate surface area is 81.9 Å². The predicted octanol–water partition coefficient (Wildman–Crippen LogP) is 2.86. The Morgan fingerprint density at radius 3 is 2.25 bits per heavy atom. The summed E-state index contributed by atoms with van der Waals surface area (Å²) in [4.78, 5) is 2.56. The third-order valence-electron chi connectivity index (χ3n) is 2.00. The Hall–Kier alpha value is 0.310. The lowest BCUT2D eigenvalue weighted by atomic mass is 10.3. The molecule has 2 heteroatoms. The van der Waals surface area contributed by atoms with Gasteiger partial charge in [-0.05, 0) is 13.8 Å². The number of hydrogen-bond acceptors (Lipinski definition) is 2. The second-order valence-electron chi connectivity index (χ2n) is 3.27. The van der Waals surface area contributed by atoms with Crippen molar-refractivity contribution < 1.29 is 0 Å². The highest BCUT2D eigenvalue weighted by Crippen LogP contribution is 2.18. The molecule has 1 nitrogen and oxygen atoms in total. The molecule has 0 aromatic rings. The van der Waals surface area contributed by atoms with Crippen LogP contribution in [0.5, 0.6) is 0 Å². The molecule has 0 aromatic heterocycles. The zero-order valence-corrected chi connectivity index (χ0v) is 9.95. The molecular formula is C10H23NS. The van der Waals surface area contributed by atoms with Crippen LogP contribution in [0, 0.1) is 0 Å². The van der Waals surface area contributed by atoms with Crippen LogP contribution in [0.4, 0.5) is 0 Å². The number of rotatable bonds is 1. The summed E-state index contributed by atoms with van der Waals surface area (Å²) in [5.41, 5.74) is 0. The summed E-state index contributed by atoms with van der Waals surface area (Å²) in [6, 6.07) is 0.739. The summed E-state index contributed by atoms with van der Waals surface area (Å²) < 4.78 is 0. The van der Waals surface area contributed by atoms with Gasteiger partial charge in [-0.1, -0.05) is 20.8 Å². The topological polar surface area (TPSA) is 3.24 Å². The maximum absolute atomic E-state index is 2.56. The van der Waals surface area contributed by atoms with Crippen LogP contribution in [0.1, 0.15) is 34.6 Å². The van der Waals surface area contributed by atoms with Gasteiger partial charge in [-0.25, -0.2) is 0 Å². The second kappa shape index (κ2) is 6.79. The van der Waals surface area contributed by atoms with Gasteiger partial charge in [-0.3, -0.25) is 4.90 Å². The Kier molecular flexibility index (Phi) is 6.96. The van der Waals surface area contributed by atoms with Gasteiger partial charge in [0.05, 0.1) is 0 Å². The molecule has 0 spiro atoms. The highest BCUT2D eigenvalue weighted by molar-refractivity contribution is 7.99. The maximum atomic E-state index is 2.56. The van der Waals surface area contributed by atoms with Crippen molar-refractivity contribution in [1.29, 1.82) is 0 Å². The summed E-state index contributed by atoms with van der Waals surface area (Å²) in [5.74, 6) is 1.32. The molecule has 1 saturated heterocycles. The number of thioether (sulfide) groups is 1. The zero-order chi connectivity index (χ0) is 9.56. The molecule has 74 valence electrons. The van der Waals surface area contributed by atoms with Crippen molar-refractivity contribution in [3.05, 3.63) is 0 Å². The molecule has 0 aromatic carbocycles. The zero-order valence-electron chi connectivity index (χ0n) is 9.13. The standard InChI is InChI=1S/C8H17NS.C2H6/c1-7(2)9-4-5-10-8(3)6-9;1-2/h7-8H,4-6H2,1-3H3;1-2H3. The Bertz CT molecular complexity index is 104. The molecule has 0 bridgehead atoms. The average molecular weight is 189 g/mol. The van der Waals surface area contributed by atoms with Gasteiger partial charge in [0.15, 0.2) is 0 Å². The van der Waals surface area contributed by atoms with Crippen LogP contribution in [-0.2, 0) is 0 Å². The fraction of sp³-hybridized carbons (Fsp3) is 1.00. The molecule has 1 atom stereocenters. The predicted molar refractivity (Wildman–Crippen MR) is 60.0 cm³/mol. The van der Waals surface area contributed by atoms with E-state index in [4.69, 9.17) is 0 Å². The van der Waals surface area contributed by atoms with E-state index in [1.165, 1.54) is 18.8 Å². The molecule has 0 aliphatic carbocycles. The quantitative estimate of drug-likeness (QED) is 0.624. The van der Waals surface area contributed by atoms with Crippen LogP contribution < -0.4 is 0 Å². The summed E-state index contributed by atoms with van der Waals surface area (Å²) >= 11 is 2.10. The van der Waals surface area contributed by atoms with Gasteiger partial charge >= 0.3 is 0 Å². The molecule has 12 heavy (non-hydrogen) atoms. The summed E-state index contributed by atoms with van der Waals surface area (Å²) in [5, 5.41) is 0.844. The summed E-state index contributed by atoms with van der Waals surface area (Å²) in [6.07, 6.45) is 0. The first-order valence-electron chi connectivity index (χ1n) is 5.06. The first-order chi connectivity index (χ1) is 5.70. The lowest BCUT2D eigenvalue weighted by molar-refractivity contribution is 0.232. The van der Waals surface area contributed by atoms with Gasteiger partial charge in [0.2, 0.25) is 0 Å². The first kappa shape index (κ1) is 12.3. The van der Waals surface area contributed by atoms with E-state index in [1.54, 1.807) is 0 Å². The van der Waals surface area contributed by atoms with E-state index >= 15 is 0 Å². The molecule has 1 aliphatic heterocycles. The maximum Gasteiger partial charge on any atom is 0.0147 e. The lowest BCUT2D eigenvalue weighted by Crippen LogP contribution is -2.40. The third kappa shape index (κ3) is 4.36. The van der Waals surface area contributed by atoms with Gasteiger partial charge < -0.3 is 0 Å². The van der Waals surface area contributed by atoms with Gasteiger partial charge in [0.1, 0.15) is 0 Å². The minimum atomic E-state index is 0.739. The highest BCUT2D eigenvalue weighted by Gasteiger charge is 2.17. The molecule has 1 aliphatic rings. The Morgan fingerprint density at radius 1 is 1.33 bits per heavy atom. The summed E-state index contributed by atoms with van der Waals surface area (Å²) in [7, 11) is 0. The molecule has 0 radical (unpaired) electrons. The lowest BCUT2D eigenvalue weighted by Gasteiger charge is -2.33. The fourth-order valence-electron chi connectivity index (χ4n) is 1.31. The van der Waals surface area contributed by atoms with Crippen molar-refractivity contribution in [3.8, 4) is 0 Å². The van der Waals surface area contributed by atoms with E-state index in [-0.39, 0.29) is 0 Å². The van der Waals surface area contributed by atoms with Crippen LogP contribution in [0.25, 0.3) is 0 Å². The molecule has 0 saturated carbocycles. The van der Waals surface area contributed by atoms with E-state index in [2.05, 4.69) is 37.4 Å². The minimum Gasteiger partial charge on any atom is -0.299 e. The van der Waals surface area contributed by atoms with Crippen LogP contribution in [0.2, 0.25) is 0 Å². The van der Waals surface area contributed by atoms with Crippen molar-refractivity contribution in [1.82, 2.24) is 4.90 Å². The second-order valence-corrected chi connectivity index (χ2v) is 4.82. The van der Waals surface area contributed by atoms with Crippen LogP contribution >= 0.6 is 11.8 Å². The van der Waals surface area contributed by atoms with Crippen molar-refractivity contribution in [2.24, 2.45) is 0 Å². The Morgan fingerprint density at radius 2 is 1.92 bits per heavy atom. The fourth-order valence-corrected chi connectivity index (χ4v) is 2.35. The highest BCUT2D eigenvalue weighted by atomic mass is 32.2. The minimum absolute atomic E-state index is 0.739. The molecule has 1 heterocycles. The third-order valence-corrected chi connectivity index (χ3v) is 3.14. The Balaban J connectivity index is 0.000000561. The van der Waals surface area contributed by atoms with Gasteiger partial charge in [-0.15, -0.1) is 0 Å². The van der Waals surface area contributed by atoms with Crippen LogP contribution in [0.3, 0.4) is 0 Å². The van der Waals surface area contributed by atoms with E-state index < -0.39 is 0 Å².